The van der Waals surface area contributed by atoms with Gasteiger partial charge in [-0.05, 0) is 37.6 Å². The second-order valence-corrected chi connectivity index (χ2v) is 6.63. The Morgan fingerprint density at radius 3 is 2.55 bits per heavy atom. The maximum atomic E-state index is 11.8. The molecule has 9 heteroatoms. The minimum absolute atomic E-state index is 0.0160. The van der Waals surface area contributed by atoms with E-state index in [1.807, 2.05) is 25.1 Å². The molecule has 9 nitrogen and oxygen atoms in total. The maximum absolute atomic E-state index is 11.8. The van der Waals surface area contributed by atoms with Crippen molar-refractivity contribution in [2.45, 2.75) is 20.3 Å². The van der Waals surface area contributed by atoms with Gasteiger partial charge in [0, 0.05) is 23.1 Å². The van der Waals surface area contributed by atoms with Gasteiger partial charge >= 0.3 is 6.16 Å². The number of hydrogen-bond donors (Lipinski definition) is 1. The molecule has 0 aliphatic heterocycles. The van der Waals surface area contributed by atoms with Crippen LogP contribution in [0.2, 0.25) is 0 Å². The van der Waals surface area contributed by atoms with Gasteiger partial charge in [0.1, 0.15) is 11.5 Å². The molecule has 4 aromatic rings. The molecule has 0 bridgehead atoms. The zero-order chi connectivity index (χ0) is 22.0. The van der Waals surface area contributed by atoms with Gasteiger partial charge in [0.2, 0.25) is 5.88 Å². The molecule has 2 aromatic carbocycles. The molecule has 31 heavy (non-hydrogen) atoms. The Hall–Kier alpha value is -4.14. The number of aromatic amines is 1. The summed E-state index contributed by atoms with van der Waals surface area (Å²) < 4.78 is 16.2. The average molecular weight is 421 g/mol. The van der Waals surface area contributed by atoms with E-state index in [1.165, 1.54) is 12.1 Å². The zero-order valence-electron chi connectivity index (χ0n) is 16.9. The molecule has 4 rings (SSSR count). The van der Waals surface area contributed by atoms with Crippen LogP contribution in [-0.2, 0) is 11.2 Å². The molecule has 0 unspecified atom stereocenters. The van der Waals surface area contributed by atoms with Crippen molar-refractivity contribution < 1.29 is 23.9 Å². The number of non-ortho nitro benzene ring substituents is 1. The summed E-state index contributed by atoms with van der Waals surface area (Å²) in [5.41, 5.74) is 2.30. The van der Waals surface area contributed by atoms with Crippen molar-refractivity contribution in [2.24, 2.45) is 0 Å². The van der Waals surface area contributed by atoms with E-state index in [1.54, 1.807) is 25.3 Å². The van der Waals surface area contributed by atoms with Crippen molar-refractivity contribution >= 4 is 33.6 Å². The number of rotatable bonds is 6. The Labute approximate surface area is 176 Å². The minimum atomic E-state index is -0.814. The first-order chi connectivity index (χ1) is 15.0. The number of aryl methyl sites for hydroxylation is 1. The number of nitrogens with zero attached hydrogens (tertiary/aromatic N) is 2. The lowest BCUT2D eigenvalue weighted by atomic mass is 10.1. The van der Waals surface area contributed by atoms with Crippen LogP contribution in [0.25, 0.3) is 21.8 Å². The second kappa shape index (κ2) is 8.31. The highest BCUT2D eigenvalue weighted by Gasteiger charge is 2.19. The van der Waals surface area contributed by atoms with Crippen LogP contribution in [0.1, 0.15) is 19.4 Å². The molecule has 0 saturated carbocycles. The fourth-order valence-electron chi connectivity index (χ4n) is 3.44. The van der Waals surface area contributed by atoms with Crippen LogP contribution in [0.4, 0.5) is 10.5 Å². The van der Waals surface area contributed by atoms with Gasteiger partial charge in [-0.1, -0.05) is 13.0 Å². The monoisotopic (exact) mass is 421 g/mol. The third-order valence-electron chi connectivity index (χ3n) is 4.76. The Balaban J connectivity index is 1.83. The van der Waals surface area contributed by atoms with Gasteiger partial charge in [-0.15, -0.1) is 0 Å². The minimum Gasteiger partial charge on any atom is -0.457 e. The number of H-pyrrole nitrogens is 1. The first-order valence-corrected chi connectivity index (χ1v) is 9.71. The first kappa shape index (κ1) is 20.1. The van der Waals surface area contributed by atoms with E-state index >= 15 is 0 Å². The van der Waals surface area contributed by atoms with Crippen molar-refractivity contribution in [3.05, 3.63) is 64.3 Å². The van der Waals surface area contributed by atoms with E-state index in [9.17, 15) is 14.9 Å². The third kappa shape index (κ3) is 3.85. The molecule has 0 spiro atoms. The highest BCUT2D eigenvalue weighted by atomic mass is 16.7. The van der Waals surface area contributed by atoms with Crippen molar-refractivity contribution in [1.29, 1.82) is 0 Å². The predicted molar refractivity (Wildman–Crippen MR) is 114 cm³/mol. The largest absolute Gasteiger partial charge is 0.515 e. The molecule has 2 heterocycles. The summed E-state index contributed by atoms with van der Waals surface area (Å²) >= 11 is 0. The van der Waals surface area contributed by atoms with Crippen LogP contribution in [0.15, 0.2) is 48.7 Å². The van der Waals surface area contributed by atoms with Crippen molar-refractivity contribution in [3.8, 4) is 17.4 Å². The molecular weight excluding hydrogens is 402 g/mol. The summed E-state index contributed by atoms with van der Waals surface area (Å²) in [6.45, 7) is 3.83. The van der Waals surface area contributed by atoms with Crippen molar-refractivity contribution in [2.75, 3.05) is 6.61 Å². The summed E-state index contributed by atoms with van der Waals surface area (Å²) in [7, 11) is 0. The van der Waals surface area contributed by atoms with E-state index in [2.05, 4.69) is 9.97 Å². The lowest BCUT2D eigenvalue weighted by Crippen LogP contribution is -2.12. The first-order valence-electron chi connectivity index (χ1n) is 9.71. The number of nitrogens with one attached hydrogen (secondary N) is 1. The quantitative estimate of drug-likeness (QED) is 0.248. The summed E-state index contributed by atoms with van der Waals surface area (Å²) in [6.07, 6.45) is 1.34. The van der Waals surface area contributed by atoms with Gasteiger partial charge in [0.05, 0.1) is 34.1 Å². The normalized spacial score (nSPS) is 10.9. The summed E-state index contributed by atoms with van der Waals surface area (Å²) in [5.74, 6) is 1.20. The summed E-state index contributed by atoms with van der Waals surface area (Å²) in [4.78, 5) is 29.8. The lowest BCUT2D eigenvalue weighted by Gasteiger charge is -2.11. The van der Waals surface area contributed by atoms with Crippen LogP contribution in [-0.4, -0.2) is 27.7 Å². The molecule has 0 atom stereocenters. The molecule has 0 aliphatic carbocycles. The van der Waals surface area contributed by atoms with Gasteiger partial charge in [-0.2, -0.15) is 0 Å². The Morgan fingerprint density at radius 2 is 1.87 bits per heavy atom. The highest BCUT2D eigenvalue weighted by molar-refractivity contribution is 6.12. The van der Waals surface area contributed by atoms with E-state index in [4.69, 9.17) is 14.2 Å². The van der Waals surface area contributed by atoms with E-state index < -0.39 is 11.1 Å². The van der Waals surface area contributed by atoms with Crippen molar-refractivity contribution in [1.82, 2.24) is 9.97 Å². The van der Waals surface area contributed by atoms with Gasteiger partial charge in [0.15, 0.2) is 0 Å². The molecule has 0 amide bonds. The third-order valence-corrected chi connectivity index (χ3v) is 4.76. The summed E-state index contributed by atoms with van der Waals surface area (Å²) in [5, 5.41) is 12.5. The molecule has 0 radical (unpaired) electrons. The molecule has 1 N–H and O–H groups in total. The van der Waals surface area contributed by atoms with Crippen LogP contribution in [0, 0.1) is 10.1 Å². The fourth-order valence-corrected chi connectivity index (χ4v) is 3.44. The standard InChI is InChI=1S/C22H19N3O6/c1-3-15-19-17(12-23-21(15)31-22(26)29-4-2)24-16-6-5-7-18(20(16)19)30-14-10-8-13(9-11-14)25(27)28/h5-12,24H,3-4H2,1-2H3. The fraction of sp³-hybridized carbons (Fsp3) is 0.182. The number of fused-ring (bicyclic) bond motifs is 3. The average Bonchev–Trinajstić information content (AvgIpc) is 3.14. The number of benzene rings is 2. The van der Waals surface area contributed by atoms with Crippen LogP contribution >= 0.6 is 0 Å². The van der Waals surface area contributed by atoms with Crippen LogP contribution < -0.4 is 9.47 Å². The second-order valence-electron chi connectivity index (χ2n) is 6.63. The number of ether oxygens (including phenoxy) is 3. The number of hydrogen-bond acceptors (Lipinski definition) is 7. The smallest absolute Gasteiger partial charge is 0.457 e. The SMILES string of the molecule is CCOC(=O)Oc1ncc2[nH]c3cccc(Oc4ccc([N+](=O)[O-])cc4)c3c2c1CC. The summed E-state index contributed by atoms with van der Waals surface area (Å²) in [6, 6.07) is 11.4. The topological polar surface area (TPSA) is 117 Å². The number of nitro benzene ring substituents is 1. The number of nitro groups is 1. The van der Waals surface area contributed by atoms with E-state index in [-0.39, 0.29) is 18.2 Å². The van der Waals surface area contributed by atoms with Gasteiger partial charge in [-0.25, -0.2) is 9.78 Å². The molecular formula is C22H19N3O6. The number of pyridine rings is 1. The zero-order valence-corrected chi connectivity index (χ0v) is 16.9. The molecule has 0 saturated heterocycles. The number of aromatic nitrogens is 2. The molecule has 0 aliphatic rings. The number of carbonyl (C=O) groups is 1. The number of carbonyl (C=O) groups excluding carboxylic acids is 1. The maximum Gasteiger partial charge on any atom is 0.515 e. The predicted octanol–water partition coefficient (Wildman–Crippen LogP) is 5.51. The Bertz CT molecular complexity index is 1280. The Morgan fingerprint density at radius 1 is 1.10 bits per heavy atom. The molecule has 2 aromatic heterocycles. The van der Waals surface area contributed by atoms with Crippen LogP contribution in [0.5, 0.6) is 17.4 Å². The molecule has 158 valence electrons. The Kier molecular flexibility index (Phi) is 5.40. The van der Waals surface area contributed by atoms with Crippen LogP contribution in [0.3, 0.4) is 0 Å². The van der Waals surface area contributed by atoms with Crippen molar-refractivity contribution in [3.63, 3.8) is 0 Å². The van der Waals surface area contributed by atoms with Gasteiger partial charge in [-0.3, -0.25) is 10.1 Å². The highest BCUT2D eigenvalue weighted by Crippen LogP contribution is 2.39. The lowest BCUT2D eigenvalue weighted by molar-refractivity contribution is -0.384. The van der Waals surface area contributed by atoms with E-state index in [0.29, 0.717) is 17.9 Å². The van der Waals surface area contributed by atoms with E-state index in [0.717, 1.165) is 27.4 Å². The molecule has 0 fully saturated rings. The van der Waals surface area contributed by atoms with Gasteiger partial charge in [0.25, 0.3) is 5.69 Å². The van der Waals surface area contributed by atoms with Gasteiger partial charge < -0.3 is 19.2 Å².